The van der Waals surface area contributed by atoms with Crippen LogP contribution in [0.3, 0.4) is 0 Å². The SMILES string of the molecule is C/C=C(/C)NC(CCC)C(=O)C(=O)N1CC(C)(O)C1. The molecule has 0 saturated carbocycles. The number of Topliss-reactive ketones (excluding diaryl/α,β-unsaturated/α-hetero) is 1. The molecule has 1 heterocycles. The summed E-state index contributed by atoms with van der Waals surface area (Å²) in [5.41, 5.74) is 0.0401. The highest BCUT2D eigenvalue weighted by Gasteiger charge is 2.42. The molecular formula is C14H24N2O3. The summed E-state index contributed by atoms with van der Waals surface area (Å²) in [5, 5.41) is 12.7. The van der Waals surface area contributed by atoms with Gasteiger partial charge in [0.2, 0.25) is 5.78 Å². The number of ketones is 1. The second-order valence-corrected chi connectivity index (χ2v) is 5.48. The number of rotatable bonds is 6. The number of carbonyl (C=O) groups excluding carboxylic acids is 2. The lowest BCUT2D eigenvalue weighted by Gasteiger charge is -2.44. The van der Waals surface area contributed by atoms with Crippen LogP contribution in [0.1, 0.15) is 40.5 Å². The minimum atomic E-state index is -0.844. The summed E-state index contributed by atoms with van der Waals surface area (Å²) in [6.07, 6.45) is 3.32. The summed E-state index contributed by atoms with van der Waals surface area (Å²) in [6, 6.07) is -0.473. The van der Waals surface area contributed by atoms with E-state index in [4.69, 9.17) is 0 Å². The zero-order chi connectivity index (χ0) is 14.6. The first kappa shape index (κ1) is 15.7. The molecule has 1 aliphatic heterocycles. The van der Waals surface area contributed by atoms with Gasteiger partial charge in [-0.2, -0.15) is 0 Å². The van der Waals surface area contributed by atoms with Gasteiger partial charge in [-0.05, 0) is 27.2 Å². The first-order valence-electron chi connectivity index (χ1n) is 6.75. The topological polar surface area (TPSA) is 69.6 Å². The van der Waals surface area contributed by atoms with Gasteiger partial charge in [-0.1, -0.05) is 19.4 Å². The molecule has 1 saturated heterocycles. The summed E-state index contributed by atoms with van der Waals surface area (Å²) in [6.45, 7) is 7.86. The molecule has 1 aliphatic rings. The van der Waals surface area contributed by atoms with Crippen molar-refractivity contribution in [3.63, 3.8) is 0 Å². The zero-order valence-electron chi connectivity index (χ0n) is 12.2. The molecule has 1 atom stereocenters. The maximum Gasteiger partial charge on any atom is 0.292 e. The van der Waals surface area contributed by atoms with Crippen LogP contribution < -0.4 is 5.32 Å². The van der Waals surface area contributed by atoms with Gasteiger partial charge in [0.1, 0.15) is 0 Å². The summed E-state index contributed by atoms with van der Waals surface area (Å²) in [5.74, 6) is -0.917. The molecule has 0 spiro atoms. The van der Waals surface area contributed by atoms with E-state index in [1.165, 1.54) is 4.90 Å². The lowest BCUT2D eigenvalue weighted by molar-refractivity contribution is -0.160. The molecule has 0 radical (unpaired) electrons. The summed E-state index contributed by atoms with van der Waals surface area (Å²) in [4.78, 5) is 25.6. The Bertz CT molecular complexity index is 380. The molecule has 108 valence electrons. The number of hydrogen-bond donors (Lipinski definition) is 2. The second-order valence-electron chi connectivity index (χ2n) is 5.48. The highest BCUT2D eigenvalue weighted by molar-refractivity contribution is 6.38. The average molecular weight is 268 g/mol. The monoisotopic (exact) mass is 268 g/mol. The maximum atomic E-state index is 12.2. The van der Waals surface area contributed by atoms with Gasteiger partial charge in [0.25, 0.3) is 5.91 Å². The van der Waals surface area contributed by atoms with Gasteiger partial charge in [-0.25, -0.2) is 0 Å². The van der Waals surface area contributed by atoms with Crippen molar-refractivity contribution in [1.82, 2.24) is 10.2 Å². The van der Waals surface area contributed by atoms with E-state index in [9.17, 15) is 14.7 Å². The standard InChI is InChI=1S/C14H24N2O3/c1-5-7-11(15-10(3)6-2)12(17)13(18)16-8-14(4,19)9-16/h6,11,15,19H,5,7-9H2,1-4H3/b10-6-. The number of amides is 1. The molecule has 0 aromatic heterocycles. The predicted octanol–water partition coefficient (Wildman–Crippen LogP) is 0.831. The van der Waals surface area contributed by atoms with E-state index in [0.717, 1.165) is 12.1 Å². The molecule has 19 heavy (non-hydrogen) atoms. The predicted molar refractivity (Wildman–Crippen MR) is 73.5 cm³/mol. The number of carbonyl (C=O) groups is 2. The van der Waals surface area contributed by atoms with Gasteiger partial charge in [-0.3, -0.25) is 9.59 Å². The Morgan fingerprint density at radius 3 is 2.47 bits per heavy atom. The molecule has 1 unspecified atom stereocenters. The zero-order valence-corrected chi connectivity index (χ0v) is 12.2. The van der Waals surface area contributed by atoms with Crippen molar-refractivity contribution in [2.45, 2.75) is 52.2 Å². The van der Waals surface area contributed by atoms with Gasteiger partial charge >= 0.3 is 0 Å². The molecule has 5 heteroatoms. The fourth-order valence-electron chi connectivity index (χ4n) is 2.14. The molecule has 1 rings (SSSR count). The Labute approximate surface area is 114 Å². The van der Waals surface area contributed by atoms with Crippen molar-refractivity contribution in [2.24, 2.45) is 0 Å². The third-order valence-electron chi connectivity index (χ3n) is 3.29. The molecule has 0 aromatic carbocycles. The Balaban J connectivity index is 2.64. The normalized spacial score (nSPS) is 19.6. The molecular weight excluding hydrogens is 244 g/mol. The lowest BCUT2D eigenvalue weighted by Crippen LogP contribution is -2.64. The van der Waals surface area contributed by atoms with Crippen LogP contribution in [-0.2, 0) is 9.59 Å². The van der Waals surface area contributed by atoms with E-state index in [1.54, 1.807) is 6.92 Å². The number of nitrogens with zero attached hydrogens (tertiary/aromatic N) is 1. The van der Waals surface area contributed by atoms with E-state index in [2.05, 4.69) is 5.32 Å². The van der Waals surface area contributed by atoms with Crippen LogP contribution in [0.2, 0.25) is 0 Å². The van der Waals surface area contributed by atoms with E-state index in [0.29, 0.717) is 6.42 Å². The first-order valence-corrected chi connectivity index (χ1v) is 6.75. The Morgan fingerprint density at radius 2 is 2.05 bits per heavy atom. The second kappa shape index (κ2) is 6.19. The highest BCUT2D eigenvalue weighted by atomic mass is 16.3. The van der Waals surface area contributed by atoms with Crippen LogP contribution in [0.15, 0.2) is 11.8 Å². The van der Waals surface area contributed by atoms with E-state index in [-0.39, 0.29) is 13.1 Å². The van der Waals surface area contributed by atoms with Gasteiger partial charge < -0.3 is 15.3 Å². The third kappa shape index (κ3) is 4.06. The van der Waals surface area contributed by atoms with Crippen molar-refractivity contribution in [1.29, 1.82) is 0 Å². The van der Waals surface area contributed by atoms with Gasteiger partial charge in [-0.15, -0.1) is 0 Å². The largest absolute Gasteiger partial charge is 0.386 e. The quantitative estimate of drug-likeness (QED) is 0.700. The molecule has 1 fully saturated rings. The van der Waals surface area contributed by atoms with Crippen molar-refractivity contribution in [3.05, 3.63) is 11.8 Å². The number of allylic oxidation sites excluding steroid dienone is 2. The lowest BCUT2D eigenvalue weighted by atomic mass is 9.95. The Hall–Kier alpha value is -1.36. The Kier molecular flexibility index (Phi) is 5.11. The van der Waals surface area contributed by atoms with Crippen LogP contribution in [0.5, 0.6) is 0 Å². The van der Waals surface area contributed by atoms with Gasteiger partial charge in [0.15, 0.2) is 0 Å². The smallest absolute Gasteiger partial charge is 0.292 e. The molecule has 2 N–H and O–H groups in total. The van der Waals surface area contributed by atoms with E-state index < -0.39 is 23.3 Å². The number of hydrogen-bond acceptors (Lipinski definition) is 4. The highest BCUT2D eigenvalue weighted by Crippen LogP contribution is 2.20. The molecule has 0 bridgehead atoms. The third-order valence-corrected chi connectivity index (χ3v) is 3.29. The average Bonchev–Trinajstić information content (AvgIpc) is 2.33. The van der Waals surface area contributed by atoms with E-state index >= 15 is 0 Å². The summed E-state index contributed by atoms with van der Waals surface area (Å²) < 4.78 is 0. The first-order chi connectivity index (χ1) is 8.80. The molecule has 0 aliphatic carbocycles. The fraction of sp³-hybridized carbons (Fsp3) is 0.714. The maximum absolute atomic E-state index is 12.2. The number of nitrogens with one attached hydrogen (secondary N) is 1. The van der Waals surface area contributed by atoms with Gasteiger partial charge in [0, 0.05) is 5.70 Å². The molecule has 5 nitrogen and oxygen atoms in total. The summed E-state index contributed by atoms with van der Waals surface area (Å²) in [7, 11) is 0. The van der Waals surface area contributed by atoms with E-state index in [1.807, 2.05) is 26.8 Å². The molecule has 0 aromatic rings. The summed E-state index contributed by atoms with van der Waals surface area (Å²) >= 11 is 0. The van der Waals surface area contributed by atoms with Crippen LogP contribution in [0.4, 0.5) is 0 Å². The van der Waals surface area contributed by atoms with Crippen molar-refractivity contribution < 1.29 is 14.7 Å². The molecule has 1 amide bonds. The van der Waals surface area contributed by atoms with Crippen molar-refractivity contribution >= 4 is 11.7 Å². The fourth-order valence-corrected chi connectivity index (χ4v) is 2.14. The minimum Gasteiger partial charge on any atom is -0.386 e. The van der Waals surface area contributed by atoms with Crippen LogP contribution in [0, 0.1) is 0 Å². The van der Waals surface area contributed by atoms with Crippen LogP contribution in [0.25, 0.3) is 0 Å². The number of β-amino-alcohol motifs (C(OH)–C–C–N with tert-alkyl or cyclic N) is 1. The Morgan fingerprint density at radius 1 is 1.47 bits per heavy atom. The van der Waals surface area contributed by atoms with Crippen molar-refractivity contribution in [2.75, 3.05) is 13.1 Å². The van der Waals surface area contributed by atoms with Gasteiger partial charge in [0.05, 0.1) is 24.7 Å². The number of likely N-dealkylation sites (tertiary alicyclic amines) is 1. The van der Waals surface area contributed by atoms with Crippen LogP contribution >= 0.6 is 0 Å². The number of aliphatic hydroxyl groups is 1. The minimum absolute atomic E-state index is 0.235. The van der Waals surface area contributed by atoms with Crippen molar-refractivity contribution in [3.8, 4) is 0 Å². The van der Waals surface area contributed by atoms with Crippen LogP contribution in [-0.4, -0.2) is 46.4 Å².